The van der Waals surface area contributed by atoms with Gasteiger partial charge in [0.05, 0.1) is 11.9 Å². The van der Waals surface area contributed by atoms with Crippen molar-refractivity contribution in [2.24, 2.45) is 22.7 Å². The van der Waals surface area contributed by atoms with Crippen LogP contribution in [-0.2, 0) is 0 Å². The van der Waals surface area contributed by atoms with Gasteiger partial charge in [0, 0.05) is 36.3 Å². The van der Waals surface area contributed by atoms with Crippen molar-refractivity contribution in [1.82, 2.24) is 15.3 Å². The molecule has 8 rings (SSSR count). The summed E-state index contributed by atoms with van der Waals surface area (Å²) in [6.07, 6.45) is 11.8. The van der Waals surface area contributed by atoms with E-state index in [0.717, 1.165) is 35.9 Å². The minimum Gasteiger partial charge on any atom is -0.342 e. The number of hydrogen-bond donors (Lipinski definition) is 2. The second kappa shape index (κ2) is 7.26. The smallest absolute Gasteiger partial charge is 0.109 e. The van der Waals surface area contributed by atoms with Crippen molar-refractivity contribution in [2.45, 2.75) is 56.5 Å². The van der Waals surface area contributed by atoms with E-state index in [1.807, 2.05) is 6.20 Å². The molecule has 0 radical (unpaired) electrons. The molecule has 0 amide bonds. The normalized spacial score (nSPS) is 32.8. The molecule has 2 N–H and O–H groups in total. The molecule has 170 valence electrons. The molecule has 0 bridgehead atoms. The van der Waals surface area contributed by atoms with Crippen LogP contribution in [0.25, 0.3) is 28.0 Å². The van der Waals surface area contributed by atoms with E-state index in [2.05, 4.69) is 65.0 Å². The Morgan fingerprint density at radius 3 is 2.12 bits per heavy atom. The Bertz CT molecular complexity index is 1290. The van der Waals surface area contributed by atoms with E-state index in [9.17, 15) is 0 Å². The average Bonchev–Trinajstić information content (AvgIpc) is 3.46. The number of allylic oxidation sites excluding steroid dienone is 1. The van der Waals surface area contributed by atoms with Crippen LogP contribution >= 0.6 is 0 Å². The summed E-state index contributed by atoms with van der Waals surface area (Å²) in [5.74, 6) is 4.72. The van der Waals surface area contributed by atoms with E-state index >= 15 is 0 Å². The van der Waals surface area contributed by atoms with Crippen LogP contribution in [0, 0.1) is 17.8 Å². The van der Waals surface area contributed by atoms with Crippen molar-refractivity contribution in [2.75, 3.05) is 0 Å². The highest BCUT2D eigenvalue weighted by Gasteiger charge is 2.47. The Hall–Kier alpha value is -2.98. The molecule has 0 spiro atoms. The zero-order chi connectivity index (χ0) is 22.2. The molecular formula is C30H30N4. The number of aliphatic imine (C=N–C) groups is 1. The lowest BCUT2D eigenvalue weighted by Crippen LogP contribution is -2.33. The fourth-order valence-corrected chi connectivity index (χ4v) is 6.76. The molecule has 2 aliphatic heterocycles. The maximum absolute atomic E-state index is 4.77. The number of benzene rings is 2. The third-order valence-corrected chi connectivity index (χ3v) is 9.05. The lowest BCUT2D eigenvalue weighted by Gasteiger charge is -2.14. The Labute approximate surface area is 200 Å². The SMILES string of the molecule is C1=C(c2ccc(-c3ccc(-c4cnc(C5C[C@@H]6C[C@@H]6C5)[nH]4)cc3)cc2)CC(C2C[C@H]3C[C@H]3N2)=N1. The monoisotopic (exact) mass is 446 g/mol. The summed E-state index contributed by atoms with van der Waals surface area (Å²) in [5.41, 5.74) is 8.80. The molecule has 34 heavy (non-hydrogen) atoms. The van der Waals surface area contributed by atoms with E-state index in [-0.39, 0.29) is 0 Å². The molecule has 4 heteroatoms. The maximum atomic E-state index is 4.77. The van der Waals surface area contributed by atoms with Crippen LogP contribution < -0.4 is 5.32 Å². The van der Waals surface area contributed by atoms with Crippen LogP contribution in [0.15, 0.2) is 65.9 Å². The first-order valence-electron chi connectivity index (χ1n) is 13.0. The first kappa shape index (κ1) is 19.3. The Balaban J connectivity index is 0.939. The molecule has 6 atom stereocenters. The first-order chi connectivity index (χ1) is 16.8. The molecule has 2 unspecified atom stereocenters. The molecular weight excluding hydrogens is 416 g/mol. The van der Waals surface area contributed by atoms with Crippen molar-refractivity contribution in [3.8, 4) is 22.4 Å². The van der Waals surface area contributed by atoms with Crippen molar-refractivity contribution in [3.63, 3.8) is 0 Å². The fraction of sp³-hybridized carbons (Fsp3) is 0.400. The highest BCUT2D eigenvalue weighted by atomic mass is 15.1. The number of rotatable bonds is 5. The number of nitrogens with zero attached hydrogens (tertiary/aromatic N) is 2. The lowest BCUT2D eigenvalue weighted by atomic mass is 9.96. The number of fused-ring (bicyclic) bond motifs is 2. The number of imidazole rings is 1. The van der Waals surface area contributed by atoms with Crippen LogP contribution in [-0.4, -0.2) is 27.8 Å². The summed E-state index contributed by atoms with van der Waals surface area (Å²) in [6.45, 7) is 0. The van der Waals surface area contributed by atoms with Crippen LogP contribution in [0.5, 0.6) is 0 Å². The summed E-state index contributed by atoms with van der Waals surface area (Å²) >= 11 is 0. The summed E-state index contributed by atoms with van der Waals surface area (Å²) in [5, 5.41) is 3.74. The predicted molar refractivity (Wildman–Crippen MR) is 136 cm³/mol. The lowest BCUT2D eigenvalue weighted by molar-refractivity contribution is 0.596. The van der Waals surface area contributed by atoms with Gasteiger partial charge in [-0.2, -0.15) is 0 Å². The van der Waals surface area contributed by atoms with Gasteiger partial charge in [-0.15, -0.1) is 0 Å². The van der Waals surface area contributed by atoms with Gasteiger partial charge in [0.2, 0.25) is 0 Å². The van der Waals surface area contributed by atoms with Crippen molar-refractivity contribution in [3.05, 3.63) is 72.3 Å². The zero-order valence-corrected chi connectivity index (χ0v) is 19.4. The highest BCUT2D eigenvalue weighted by Crippen LogP contribution is 2.57. The topological polar surface area (TPSA) is 53.1 Å². The van der Waals surface area contributed by atoms with Gasteiger partial charge in [0.1, 0.15) is 5.82 Å². The van der Waals surface area contributed by atoms with Gasteiger partial charge in [-0.1, -0.05) is 48.5 Å². The van der Waals surface area contributed by atoms with Gasteiger partial charge in [-0.25, -0.2) is 4.98 Å². The predicted octanol–water partition coefficient (Wildman–Crippen LogP) is 6.19. The van der Waals surface area contributed by atoms with E-state index in [1.54, 1.807) is 0 Å². The molecule has 1 saturated heterocycles. The molecule has 3 aliphatic carbocycles. The van der Waals surface area contributed by atoms with Crippen LogP contribution in [0.1, 0.15) is 55.8 Å². The number of aromatic nitrogens is 2. The van der Waals surface area contributed by atoms with E-state index in [1.165, 1.54) is 71.5 Å². The molecule has 4 nitrogen and oxygen atoms in total. The molecule has 5 aliphatic rings. The molecule has 3 aromatic rings. The Kier molecular flexibility index (Phi) is 4.13. The average molecular weight is 447 g/mol. The van der Waals surface area contributed by atoms with E-state index in [0.29, 0.717) is 12.0 Å². The van der Waals surface area contributed by atoms with Crippen LogP contribution in [0.4, 0.5) is 0 Å². The van der Waals surface area contributed by atoms with Crippen molar-refractivity contribution < 1.29 is 0 Å². The number of hydrogen-bond acceptors (Lipinski definition) is 3. The zero-order valence-electron chi connectivity index (χ0n) is 19.4. The van der Waals surface area contributed by atoms with Gasteiger partial charge >= 0.3 is 0 Å². The van der Waals surface area contributed by atoms with E-state index in [4.69, 9.17) is 9.98 Å². The van der Waals surface area contributed by atoms with Crippen molar-refractivity contribution in [1.29, 1.82) is 0 Å². The van der Waals surface area contributed by atoms with Gasteiger partial charge in [0.25, 0.3) is 0 Å². The molecule has 2 aromatic carbocycles. The number of nitrogens with one attached hydrogen (secondary N) is 2. The number of piperidine rings is 1. The Morgan fingerprint density at radius 1 is 0.706 bits per heavy atom. The molecule has 1 aromatic heterocycles. The van der Waals surface area contributed by atoms with Gasteiger partial charge < -0.3 is 10.3 Å². The minimum atomic E-state index is 0.505. The third kappa shape index (κ3) is 3.31. The molecule has 3 saturated carbocycles. The minimum absolute atomic E-state index is 0.505. The number of aromatic amines is 1. The van der Waals surface area contributed by atoms with Crippen LogP contribution in [0.3, 0.4) is 0 Å². The molecule has 3 heterocycles. The van der Waals surface area contributed by atoms with Gasteiger partial charge in [0.15, 0.2) is 0 Å². The Morgan fingerprint density at radius 2 is 1.41 bits per heavy atom. The van der Waals surface area contributed by atoms with Gasteiger partial charge in [-0.05, 0) is 77.7 Å². The number of H-pyrrole nitrogens is 1. The second-order valence-electron chi connectivity index (χ2n) is 11.3. The standard InChI is InChI=1S/C30H30N4/c1-3-19(25-14-27(31-15-25)28-13-23-12-26(23)33-28)4-2-17(1)18-5-7-20(8-6-18)29-16-32-30(34-29)24-10-21-9-22(21)11-24/h1-8,15-16,21-24,26,28,33H,9-14H2,(H,32,34)/t21-,22+,23-,24?,26-,28?/m1/s1. The maximum Gasteiger partial charge on any atom is 0.109 e. The quantitative estimate of drug-likeness (QED) is 0.491. The summed E-state index contributed by atoms with van der Waals surface area (Å²) in [6, 6.07) is 19.1. The summed E-state index contributed by atoms with van der Waals surface area (Å²) < 4.78 is 0. The fourth-order valence-electron chi connectivity index (χ4n) is 6.76. The first-order valence-corrected chi connectivity index (χ1v) is 13.0. The second-order valence-corrected chi connectivity index (χ2v) is 11.3. The largest absolute Gasteiger partial charge is 0.342 e. The summed E-state index contributed by atoms with van der Waals surface area (Å²) in [7, 11) is 0. The molecule has 4 fully saturated rings. The van der Waals surface area contributed by atoms with Crippen molar-refractivity contribution >= 4 is 11.3 Å². The summed E-state index contributed by atoms with van der Waals surface area (Å²) in [4.78, 5) is 13.1. The van der Waals surface area contributed by atoms with E-state index < -0.39 is 0 Å². The highest BCUT2D eigenvalue weighted by molar-refractivity contribution is 6.01. The third-order valence-electron chi connectivity index (χ3n) is 9.05. The van der Waals surface area contributed by atoms with Crippen LogP contribution in [0.2, 0.25) is 0 Å². The van der Waals surface area contributed by atoms with Gasteiger partial charge in [-0.3, -0.25) is 4.99 Å².